The van der Waals surface area contributed by atoms with Crippen LogP contribution in [0.5, 0.6) is 0 Å². The van der Waals surface area contributed by atoms with E-state index >= 15 is 0 Å². The number of aryl methyl sites for hydroxylation is 1. The summed E-state index contributed by atoms with van der Waals surface area (Å²) in [6, 6.07) is 3.75. The van der Waals surface area contributed by atoms with Crippen LogP contribution < -0.4 is 10.6 Å². The van der Waals surface area contributed by atoms with E-state index in [4.69, 9.17) is 4.42 Å². The number of carbonyl (C=O) groups is 1. The molecule has 0 spiro atoms. The van der Waals surface area contributed by atoms with Gasteiger partial charge in [0.2, 0.25) is 5.91 Å². The predicted octanol–water partition coefficient (Wildman–Crippen LogP) is 1.76. The van der Waals surface area contributed by atoms with Crippen LogP contribution in [-0.4, -0.2) is 19.0 Å². The number of hydrogen-bond acceptors (Lipinski definition) is 3. The maximum absolute atomic E-state index is 12.2. The Morgan fingerprint density at radius 1 is 1.59 bits per heavy atom. The predicted molar refractivity (Wildman–Crippen MR) is 65.6 cm³/mol. The Morgan fingerprint density at radius 3 is 2.88 bits per heavy atom. The number of furan rings is 1. The first kappa shape index (κ1) is 12.2. The Balaban J connectivity index is 1.99. The largest absolute Gasteiger partial charge is 0.464 e. The molecule has 1 aromatic rings. The van der Waals surface area contributed by atoms with Crippen LogP contribution in [-0.2, 0) is 4.79 Å². The molecule has 4 heteroatoms. The normalized spacial score (nSPS) is 25.8. The zero-order chi connectivity index (χ0) is 12.5. The van der Waals surface area contributed by atoms with Gasteiger partial charge in [-0.3, -0.25) is 4.79 Å². The van der Waals surface area contributed by atoms with Crippen LogP contribution in [0.4, 0.5) is 0 Å². The van der Waals surface area contributed by atoms with E-state index in [1.54, 1.807) is 0 Å². The van der Waals surface area contributed by atoms with Gasteiger partial charge in [0.1, 0.15) is 11.5 Å². The lowest BCUT2D eigenvalue weighted by Crippen LogP contribution is -2.41. The van der Waals surface area contributed by atoms with E-state index in [9.17, 15) is 4.79 Å². The average Bonchev–Trinajstić information content (AvgIpc) is 2.88. The molecular weight excluding hydrogens is 216 g/mol. The summed E-state index contributed by atoms with van der Waals surface area (Å²) in [5, 5.41) is 6.25. The van der Waals surface area contributed by atoms with Crippen molar-refractivity contribution in [2.75, 3.05) is 13.1 Å². The standard InChI is InChI=1S/C13H20N2O2/c1-9-4-5-11(17-9)10(2)15-12(16)13(3)6-7-14-8-13/h4-5,10,14H,6-8H2,1-3H3,(H,15,16). The quantitative estimate of drug-likeness (QED) is 0.841. The molecule has 1 aliphatic rings. The molecule has 1 amide bonds. The molecule has 0 bridgehead atoms. The van der Waals surface area contributed by atoms with Gasteiger partial charge in [-0.1, -0.05) is 0 Å². The Morgan fingerprint density at radius 2 is 2.35 bits per heavy atom. The van der Waals surface area contributed by atoms with Crippen molar-refractivity contribution in [1.82, 2.24) is 10.6 Å². The fourth-order valence-electron chi connectivity index (χ4n) is 2.14. The van der Waals surface area contributed by atoms with E-state index in [1.807, 2.05) is 32.9 Å². The average molecular weight is 236 g/mol. The van der Waals surface area contributed by atoms with Crippen molar-refractivity contribution in [1.29, 1.82) is 0 Å². The second kappa shape index (κ2) is 4.53. The first-order valence-corrected chi connectivity index (χ1v) is 6.09. The van der Waals surface area contributed by atoms with Gasteiger partial charge in [0.15, 0.2) is 0 Å². The molecule has 2 atom stereocenters. The Bertz CT molecular complexity index is 405. The lowest BCUT2D eigenvalue weighted by molar-refractivity contribution is -0.130. The van der Waals surface area contributed by atoms with Gasteiger partial charge in [0.25, 0.3) is 0 Å². The zero-order valence-corrected chi connectivity index (χ0v) is 10.7. The van der Waals surface area contributed by atoms with Gasteiger partial charge in [0, 0.05) is 6.54 Å². The first-order valence-electron chi connectivity index (χ1n) is 6.09. The van der Waals surface area contributed by atoms with E-state index in [0.717, 1.165) is 31.0 Å². The van der Waals surface area contributed by atoms with E-state index in [-0.39, 0.29) is 17.4 Å². The van der Waals surface area contributed by atoms with Crippen molar-refractivity contribution in [2.24, 2.45) is 5.41 Å². The first-order chi connectivity index (χ1) is 8.01. The fraction of sp³-hybridized carbons (Fsp3) is 0.615. The minimum atomic E-state index is -0.282. The molecular formula is C13H20N2O2. The number of carbonyl (C=O) groups excluding carboxylic acids is 1. The third-order valence-electron chi connectivity index (χ3n) is 3.45. The fourth-order valence-corrected chi connectivity index (χ4v) is 2.14. The van der Waals surface area contributed by atoms with E-state index in [0.29, 0.717) is 0 Å². The maximum Gasteiger partial charge on any atom is 0.227 e. The second-order valence-corrected chi connectivity index (χ2v) is 5.13. The van der Waals surface area contributed by atoms with Gasteiger partial charge in [-0.05, 0) is 45.9 Å². The van der Waals surface area contributed by atoms with Crippen LogP contribution in [0.1, 0.15) is 37.8 Å². The van der Waals surface area contributed by atoms with Crippen molar-refractivity contribution in [3.63, 3.8) is 0 Å². The van der Waals surface area contributed by atoms with Gasteiger partial charge in [-0.15, -0.1) is 0 Å². The summed E-state index contributed by atoms with van der Waals surface area (Å²) in [4.78, 5) is 12.2. The van der Waals surface area contributed by atoms with Crippen LogP contribution in [0.25, 0.3) is 0 Å². The summed E-state index contributed by atoms with van der Waals surface area (Å²) in [5.41, 5.74) is -0.282. The number of nitrogens with one attached hydrogen (secondary N) is 2. The molecule has 1 aliphatic heterocycles. The molecule has 17 heavy (non-hydrogen) atoms. The molecule has 1 aromatic heterocycles. The lowest BCUT2D eigenvalue weighted by atomic mass is 9.88. The summed E-state index contributed by atoms with van der Waals surface area (Å²) in [6.07, 6.45) is 0.892. The molecule has 1 saturated heterocycles. The van der Waals surface area contributed by atoms with E-state index in [1.165, 1.54) is 0 Å². The highest BCUT2D eigenvalue weighted by atomic mass is 16.3. The summed E-state index contributed by atoms with van der Waals surface area (Å²) in [7, 11) is 0. The van der Waals surface area contributed by atoms with Gasteiger partial charge >= 0.3 is 0 Å². The van der Waals surface area contributed by atoms with Crippen molar-refractivity contribution < 1.29 is 9.21 Å². The zero-order valence-electron chi connectivity index (χ0n) is 10.7. The summed E-state index contributed by atoms with van der Waals surface area (Å²) in [6.45, 7) is 7.52. The van der Waals surface area contributed by atoms with Crippen LogP contribution in [0.15, 0.2) is 16.5 Å². The molecule has 4 nitrogen and oxygen atoms in total. The minimum Gasteiger partial charge on any atom is -0.464 e. The molecule has 0 aromatic carbocycles. The van der Waals surface area contributed by atoms with Crippen LogP contribution >= 0.6 is 0 Å². The summed E-state index contributed by atoms with van der Waals surface area (Å²) in [5.74, 6) is 1.78. The highest BCUT2D eigenvalue weighted by Gasteiger charge is 2.36. The van der Waals surface area contributed by atoms with Crippen LogP contribution in [0.3, 0.4) is 0 Å². The Kier molecular flexibility index (Phi) is 3.24. The third kappa shape index (κ3) is 2.52. The highest BCUT2D eigenvalue weighted by Crippen LogP contribution is 2.26. The third-order valence-corrected chi connectivity index (χ3v) is 3.45. The van der Waals surface area contributed by atoms with Gasteiger partial charge in [0.05, 0.1) is 11.5 Å². The highest BCUT2D eigenvalue weighted by molar-refractivity contribution is 5.83. The van der Waals surface area contributed by atoms with Crippen molar-refractivity contribution in [3.05, 3.63) is 23.7 Å². The maximum atomic E-state index is 12.2. The van der Waals surface area contributed by atoms with Crippen molar-refractivity contribution >= 4 is 5.91 Å². The SMILES string of the molecule is Cc1ccc(C(C)NC(=O)C2(C)CCNC2)o1. The molecule has 0 aliphatic carbocycles. The number of amides is 1. The van der Waals surface area contributed by atoms with Crippen molar-refractivity contribution in [3.8, 4) is 0 Å². The molecule has 2 N–H and O–H groups in total. The molecule has 2 unspecified atom stereocenters. The lowest BCUT2D eigenvalue weighted by Gasteiger charge is -2.23. The topological polar surface area (TPSA) is 54.3 Å². The number of rotatable bonds is 3. The second-order valence-electron chi connectivity index (χ2n) is 5.13. The smallest absolute Gasteiger partial charge is 0.227 e. The number of hydrogen-bond donors (Lipinski definition) is 2. The molecule has 0 saturated carbocycles. The molecule has 2 heterocycles. The molecule has 0 radical (unpaired) electrons. The van der Waals surface area contributed by atoms with Gasteiger partial charge in [-0.25, -0.2) is 0 Å². The van der Waals surface area contributed by atoms with E-state index < -0.39 is 0 Å². The molecule has 2 rings (SSSR count). The van der Waals surface area contributed by atoms with Crippen LogP contribution in [0, 0.1) is 12.3 Å². The minimum absolute atomic E-state index is 0.0753. The van der Waals surface area contributed by atoms with E-state index in [2.05, 4.69) is 10.6 Å². The van der Waals surface area contributed by atoms with Crippen molar-refractivity contribution in [2.45, 2.75) is 33.2 Å². The molecule has 94 valence electrons. The van der Waals surface area contributed by atoms with Crippen LogP contribution in [0.2, 0.25) is 0 Å². The molecule has 1 fully saturated rings. The van der Waals surface area contributed by atoms with Gasteiger partial charge in [-0.2, -0.15) is 0 Å². The van der Waals surface area contributed by atoms with Gasteiger partial charge < -0.3 is 15.1 Å². The summed E-state index contributed by atoms with van der Waals surface area (Å²) >= 11 is 0. The Hall–Kier alpha value is -1.29. The Labute approximate surface area is 102 Å². The summed E-state index contributed by atoms with van der Waals surface area (Å²) < 4.78 is 5.51. The monoisotopic (exact) mass is 236 g/mol.